The molecule has 0 aliphatic rings. The van der Waals surface area contributed by atoms with Gasteiger partial charge in [-0.15, -0.1) is 0 Å². The van der Waals surface area contributed by atoms with E-state index in [1.54, 1.807) is 12.1 Å². The first-order valence-corrected chi connectivity index (χ1v) is 4.92. The van der Waals surface area contributed by atoms with Crippen molar-refractivity contribution in [3.63, 3.8) is 0 Å². The van der Waals surface area contributed by atoms with E-state index in [1.165, 1.54) is 0 Å². The Morgan fingerprint density at radius 3 is 2.75 bits per heavy atom. The predicted octanol–water partition coefficient (Wildman–Crippen LogP) is 1.98. The molecule has 12 heavy (non-hydrogen) atoms. The van der Waals surface area contributed by atoms with E-state index in [1.807, 2.05) is 12.1 Å². The summed E-state index contributed by atoms with van der Waals surface area (Å²) in [5.74, 6) is 0.462. The summed E-state index contributed by atoms with van der Waals surface area (Å²) < 4.78 is 0. The van der Waals surface area contributed by atoms with Gasteiger partial charge in [0.1, 0.15) is 0 Å². The van der Waals surface area contributed by atoms with Gasteiger partial charge >= 0.3 is 0 Å². The maximum absolute atomic E-state index is 9.52. The van der Waals surface area contributed by atoms with Crippen LogP contribution in [0, 0.1) is 0 Å². The molecule has 0 saturated heterocycles. The number of rotatable bonds is 3. The first-order valence-electron chi connectivity index (χ1n) is 3.50. The van der Waals surface area contributed by atoms with Crippen LogP contribution in [0.5, 0.6) is 0 Å². The van der Waals surface area contributed by atoms with Crippen LogP contribution in [0.4, 0.5) is 0 Å². The Balaban J connectivity index is 2.79. The molecule has 0 saturated carbocycles. The lowest BCUT2D eigenvalue weighted by Gasteiger charge is -2.09. The largest absolute Gasteiger partial charge is 0.387 e. The molecule has 0 heterocycles. The second-order valence-electron chi connectivity index (χ2n) is 2.37. The fourth-order valence-corrected chi connectivity index (χ4v) is 1.55. The van der Waals surface area contributed by atoms with Crippen molar-refractivity contribution in [2.45, 2.75) is 6.10 Å². The van der Waals surface area contributed by atoms with E-state index in [-0.39, 0.29) is 0 Å². The van der Waals surface area contributed by atoms with Gasteiger partial charge in [0.05, 0.1) is 6.10 Å². The van der Waals surface area contributed by atoms with Gasteiger partial charge in [0.2, 0.25) is 0 Å². The minimum absolute atomic E-state index is 0.462. The van der Waals surface area contributed by atoms with Gasteiger partial charge in [-0.25, -0.2) is 0 Å². The molecule has 0 radical (unpaired) electrons. The summed E-state index contributed by atoms with van der Waals surface area (Å²) in [7, 11) is 0. The minimum Gasteiger partial charge on any atom is -0.387 e. The third-order valence-corrected chi connectivity index (χ3v) is 2.37. The summed E-state index contributed by atoms with van der Waals surface area (Å²) in [6.07, 6.45) is -0.575. The lowest BCUT2D eigenvalue weighted by molar-refractivity contribution is 0.204. The maximum atomic E-state index is 9.52. The van der Waals surface area contributed by atoms with Crippen LogP contribution in [-0.4, -0.2) is 10.9 Å². The molecule has 66 valence electrons. The summed E-state index contributed by atoms with van der Waals surface area (Å²) in [5, 5.41) is 15.3. The van der Waals surface area contributed by atoms with E-state index in [0.29, 0.717) is 10.8 Å². The van der Waals surface area contributed by atoms with Crippen LogP contribution >= 0.6 is 23.5 Å². The van der Waals surface area contributed by atoms with Gasteiger partial charge < -0.3 is 5.11 Å². The molecule has 1 atom stereocenters. The smallest absolute Gasteiger partial charge is 0.0907 e. The van der Waals surface area contributed by atoms with E-state index in [0.717, 1.165) is 17.5 Å². The van der Waals surface area contributed by atoms with Gasteiger partial charge in [-0.05, 0) is 11.6 Å². The number of benzene rings is 1. The molecule has 2 nitrogen and oxygen atoms in total. The van der Waals surface area contributed by atoms with Crippen molar-refractivity contribution >= 4 is 23.5 Å². The fourth-order valence-electron chi connectivity index (χ4n) is 0.926. The van der Waals surface area contributed by atoms with Crippen molar-refractivity contribution in [3.8, 4) is 0 Å². The highest BCUT2D eigenvalue weighted by Gasteiger charge is 2.09. The van der Waals surface area contributed by atoms with E-state index in [2.05, 4.69) is 0 Å². The minimum atomic E-state index is -0.575. The number of nitrogens with two attached hydrogens (primary N) is 1. The highest BCUT2D eigenvalue weighted by Crippen LogP contribution is 2.23. The van der Waals surface area contributed by atoms with Crippen LogP contribution in [-0.2, 0) is 0 Å². The van der Waals surface area contributed by atoms with Crippen molar-refractivity contribution in [3.05, 3.63) is 34.9 Å². The van der Waals surface area contributed by atoms with E-state index in [4.69, 9.17) is 16.7 Å². The molecule has 4 heteroatoms. The van der Waals surface area contributed by atoms with Gasteiger partial charge in [0.15, 0.2) is 0 Å². The molecule has 0 fully saturated rings. The third kappa shape index (κ3) is 2.38. The average Bonchev–Trinajstić information content (AvgIpc) is 2.05. The molecule has 0 aliphatic carbocycles. The Morgan fingerprint density at radius 2 is 2.17 bits per heavy atom. The number of halogens is 1. The Kier molecular flexibility index (Phi) is 3.88. The van der Waals surface area contributed by atoms with Crippen molar-refractivity contribution in [2.75, 3.05) is 5.75 Å². The highest BCUT2D eigenvalue weighted by atomic mass is 35.5. The molecule has 0 aliphatic heterocycles. The lowest BCUT2D eigenvalue weighted by atomic mass is 10.1. The average molecular weight is 204 g/mol. The topological polar surface area (TPSA) is 46.2 Å². The van der Waals surface area contributed by atoms with Crippen LogP contribution in [0.3, 0.4) is 0 Å². The Bertz CT molecular complexity index is 257. The van der Waals surface area contributed by atoms with Gasteiger partial charge in [0, 0.05) is 10.8 Å². The predicted molar refractivity (Wildman–Crippen MR) is 53.1 cm³/mol. The first kappa shape index (κ1) is 9.86. The van der Waals surface area contributed by atoms with Gasteiger partial charge in [-0.1, -0.05) is 41.7 Å². The van der Waals surface area contributed by atoms with E-state index in [9.17, 15) is 5.11 Å². The molecule has 1 unspecified atom stereocenters. The zero-order valence-corrected chi connectivity index (χ0v) is 7.98. The summed E-state index contributed by atoms with van der Waals surface area (Å²) in [6, 6.07) is 7.21. The normalized spacial score (nSPS) is 12.9. The fraction of sp³-hybridized carbons (Fsp3) is 0.250. The van der Waals surface area contributed by atoms with E-state index >= 15 is 0 Å². The number of aliphatic hydroxyl groups is 1. The molecule has 3 N–H and O–H groups in total. The molecular weight excluding hydrogens is 194 g/mol. The van der Waals surface area contributed by atoms with Crippen molar-refractivity contribution in [2.24, 2.45) is 5.14 Å². The molecule has 1 aromatic carbocycles. The molecule has 1 rings (SSSR count). The molecule has 0 amide bonds. The molecule has 0 bridgehead atoms. The van der Waals surface area contributed by atoms with Gasteiger partial charge in [-0.3, -0.25) is 5.14 Å². The monoisotopic (exact) mass is 203 g/mol. The number of hydrogen-bond acceptors (Lipinski definition) is 3. The summed E-state index contributed by atoms with van der Waals surface area (Å²) >= 11 is 6.95. The third-order valence-electron chi connectivity index (χ3n) is 1.52. The van der Waals surface area contributed by atoms with Crippen LogP contribution in [0.15, 0.2) is 24.3 Å². The highest BCUT2D eigenvalue weighted by molar-refractivity contribution is 7.97. The van der Waals surface area contributed by atoms with Crippen molar-refractivity contribution in [1.82, 2.24) is 0 Å². The lowest BCUT2D eigenvalue weighted by Crippen LogP contribution is -2.02. The maximum Gasteiger partial charge on any atom is 0.0907 e. The SMILES string of the molecule is NSCC(O)c1ccccc1Cl. The number of aliphatic hydroxyl groups excluding tert-OH is 1. The van der Waals surface area contributed by atoms with E-state index < -0.39 is 6.10 Å². The Morgan fingerprint density at radius 1 is 1.50 bits per heavy atom. The standard InChI is InChI=1S/C8H10ClNOS/c9-7-4-2-1-3-6(7)8(11)5-12-10/h1-4,8,11H,5,10H2. The number of hydrogen-bond donors (Lipinski definition) is 2. The summed E-state index contributed by atoms with van der Waals surface area (Å²) in [5.41, 5.74) is 0.733. The zero-order chi connectivity index (χ0) is 8.97. The van der Waals surface area contributed by atoms with Crippen molar-refractivity contribution in [1.29, 1.82) is 0 Å². The summed E-state index contributed by atoms with van der Waals surface area (Å²) in [6.45, 7) is 0. The first-order chi connectivity index (χ1) is 5.75. The molecule has 0 aromatic heterocycles. The van der Waals surface area contributed by atoms with Crippen LogP contribution in [0.1, 0.15) is 11.7 Å². The van der Waals surface area contributed by atoms with Crippen LogP contribution < -0.4 is 5.14 Å². The molecule has 0 spiro atoms. The summed E-state index contributed by atoms with van der Waals surface area (Å²) in [4.78, 5) is 0. The van der Waals surface area contributed by atoms with Gasteiger partial charge in [0.25, 0.3) is 0 Å². The Labute approximate surface area is 80.9 Å². The quantitative estimate of drug-likeness (QED) is 0.739. The zero-order valence-electron chi connectivity index (χ0n) is 6.40. The second kappa shape index (κ2) is 4.72. The van der Waals surface area contributed by atoms with Crippen molar-refractivity contribution < 1.29 is 5.11 Å². The second-order valence-corrected chi connectivity index (χ2v) is 3.44. The Hall–Kier alpha value is -0.220. The molecule has 1 aromatic rings. The van der Waals surface area contributed by atoms with Crippen LogP contribution in [0.2, 0.25) is 5.02 Å². The van der Waals surface area contributed by atoms with Crippen LogP contribution in [0.25, 0.3) is 0 Å². The molecular formula is C8H10ClNOS. The van der Waals surface area contributed by atoms with Gasteiger partial charge in [-0.2, -0.15) is 0 Å².